The molecule has 0 saturated heterocycles. The molecule has 0 unspecified atom stereocenters. The Balaban J connectivity index is 1.31. The Bertz CT molecular complexity index is 2850. The summed E-state index contributed by atoms with van der Waals surface area (Å²) >= 11 is 1.76. The number of aromatic nitrogens is 2. The molecule has 0 N–H and O–H groups in total. The Labute approximate surface area is 401 Å². The van der Waals surface area contributed by atoms with E-state index in [1.54, 1.807) is 40.1 Å². The number of carbonyl (C=O) groups excluding carboxylic acids is 2. The molecule has 8 heteroatoms. The van der Waals surface area contributed by atoms with Gasteiger partial charge in [0.15, 0.2) is 0 Å². The third-order valence-electron chi connectivity index (χ3n) is 12.1. The van der Waals surface area contributed by atoms with Crippen molar-refractivity contribution in [1.82, 2.24) is 19.8 Å². The van der Waals surface area contributed by atoms with Gasteiger partial charge >= 0.3 is 283 Å². The van der Waals surface area contributed by atoms with E-state index in [0.717, 1.165) is 41.3 Å². The van der Waals surface area contributed by atoms with Crippen molar-refractivity contribution in [3.05, 3.63) is 202 Å². The normalized spacial score (nSPS) is 16.8. The summed E-state index contributed by atoms with van der Waals surface area (Å²) in [6.45, 7) is 13.3. The van der Waals surface area contributed by atoms with E-state index < -0.39 is 7.26 Å². The first kappa shape index (κ1) is 46.3. The molecule has 1 fully saturated rings. The van der Waals surface area contributed by atoms with Crippen LogP contribution in [0.5, 0.6) is 0 Å². The zero-order chi connectivity index (χ0) is 46.4. The maximum absolute atomic E-state index is 14.7. The number of pyridine rings is 2. The van der Waals surface area contributed by atoms with Crippen molar-refractivity contribution < 1.29 is 27.5 Å². The summed E-state index contributed by atoms with van der Waals surface area (Å²) in [4.78, 5) is 42.7. The van der Waals surface area contributed by atoms with E-state index in [4.69, 9.17) is 9.97 Å². The van der Waals surface area contributed by atoms with Gasteiger partial charge in [0, 0.05) is 12.7 Å². The molecule has 66 heavy (non-hydrogen) atoms. The van der Waals surface area contributed by atoms with Crippen molar-refractivity contribution in [3.8, 4) is 16.2 Å². The molecule has 3 aliphatic rings. The van der Waals surface area contributed by atoms with Crippen LogP contribution in [0.2, 0.25) is 0 Å². The molecule has 1 aliphatic carbocycles. The predicted octanol–water partition coefficient (Wildman–Crippen LogP) is 10.8. The number of hydrogen-bond acceptors (Lipinski definition) is 4. The Kier molecular flexibility index (Phi) is 14.4. The molecule has 8 rings (SSSR count). The van der Waals surface area contributed by atoms with Gasteiger partial charge in [-0.1, -0.05) is 45.9 Å². The number of rotatable bonds is 12. The number of amides is 2. The zero-order valence-electron chi connectivity index (χ0n) is 38.5. The van der Waals surface area contributed by atoms with Gasteiger partial charge in [0.25, 0.3) is 0 Å². The van der Waals surface area contributed by atoms with Gasteiger partial charge in [0.2, 0.25) is 0 Å². The van der Waals surface area contributed by atoms with Crippen molar-refractivity contribution in [2.24, 2.45) is 11.8 Å². The Morgan fingerprint density at radius 1 is 0.682 bits per heavy atom. The molecular formula is C58H55N4O2OsP+. The van der Waals surface area contributed by atoms with Gasteiger partial charge in [0.1, 0.15) is 0 Å². The Hall–Kier alpha value is -6.25. The summed E-state index contributed by atoms with van der Waals surface area (Å²) in [5.41, 5.74) is 8.29. The summed E-state index contributed by atoms with van der Waals surface area (Å²) in [7, 11) is -2.53. The molecule has 0 bridgehead atoms. The summed E-state index contributed by atoms with van der Waals surface area (Å²) in [5.74, 6) is 7.14. The van der Waals surface area contributed by atoms with Crippen LogP contribution in [0.15, 0.2) is 179 Å². The van der Waals surface area contributed by atoms with Crippen LogP contribution in [-0.2, 0) is 27.5 Å². The topological polar surface area (TPSA) is 66.4 Å². The van der Waals surface area contributed by atoms with Crippen LogP contribution >= 0.6 is 7.26 Å². The van der Waals surface area contributed by atoms with Gasteiger partial charge in [-0.05, 0) is 30.4 Å². The minimum atomic E-state index is -2.53. The molecule has 3 aromatic carbocycles. The third kappa shape index (κ3) is 9.00. The summed E-state index contributed by atoms with van der Waals surface area (Å²) in [6, 6.07) is 40.3. The van der Waals surface area contributed by atoms with Crippen LogP contribution in [0, 0.1) is 28.0 Å². The molecule has 4 heterocycles. The predicted molar refractivity (Wildman–Crippen MR) is 269 cm³/mol. The van der Waals surface area contributed by atoms with Crippen LogP contribution in [-0.4, -0.2) is 44.7 Å². The second-order valence-corrected chi connectivity index (χ2v) is 21.6. The van der Waals surface area contributed by atoms with Gasteiger partial charge in [-0.2, -0.15) is 0 Å². The monoisotopic (exact) mass is 1060 g/mol. The first-order chi connectivity index (χ1) is 32.1. The molecule has 0 spiro atoms. The average Bonchev–Trinajstić information content (AvgIpc) is 3.99. The molecular weight excluding hydrogens is 1010 g/mol. The maximum atomic E-state index is 14.7. The number of nitrogens with zero attached hydrogens (tertiary/aromatic N) is 4. The summed E-state index contributed by atoms with van der Waals surface area (Å²) in [5, 5.41) is 4.78. The first-order valence-electron chi connectivity index (χ1n) is 22.8. The van der Waals surface area contributed by atoms with E-state index in [2.05, 4.69) is 154 Å². The number of hydrogen-bond donors (Lipinski definition) is 0. The quantitative estimate of drug-likeness (QED) is 0.0922. The Morgan fingerprint density at radius 3 is 1.61 bits per heavy atom. The van der Waals surface area contributed by atoms with E-state index in [1.807, 2.05) is 43.3 Å². The SMILES string of the molecule is CC=C1CCCC1=CC(C#Cc1ccc(C2=C3C(=O)N(CC(C)C)C(c4ccc(/C=C/C)cn4)=C3C(=O)N2CC(C)C)nc1)=C([C]#[Os])[P+](c1ccccc1)(c1ccccc1)c1ccccc1. The van der Waals surface area contributed by atoms with Crippen molar-refractivity contribution >= 4 is 52.5 Å². The molecule has 5 aromatic rings. The van der Waals surface area contributed by atoms with E-state index >= 15 is 0 Å². The van der Waals surface area contributed by atoms with Gasteiger partial charge in [0.05, 0.1) is 11.4 Å². The Morgan fingerprint density at radius 2 is 1.18 bits per heavy atom. The fourth-order valence-corrected chi connectivity index (χ4v) is 15.0. The van der Waals surface area contributed by atoms with Crippen molar-refractivity contribution in [1.29, 1.82) is 0 Å². The summed E-state index contributed by atoms with van der Waals surface area (Å²) < 4.78 is 3.80. The number of carbonyl (C=O) groups is 2. The van der Waals surface area contributed by atoms with E-state index in [9.17, 15) is 9.59 Å². The number of benzene rings is 3. The molecule has 6 nitrogen and oxygen atoms in total. The molecule has 2 amide bonds. The fraction of sp³-hybridized carbons (Fsp3) is 0.224. The standard InChI is InChI=1S/C58H55N4O2P.Os/c1-8-20-43-30-33-51(59-36-43)55-53-54(58(64)61(55)38-40(3)4)56(62(57(53)63)39-41(5)6)52-34-31-44(37-60-52)29-32-46(35-47-22-19-21-45(47)9-2)42(7)65(48-23-13-10-14-24-48,49-25-15-11-16-26-49)50-27-17-12-18-28-50;/h8-18,20,23-28,30-31,33-37,40-41H,19,21-22,38-39H2,1-6H3;/q+1;/b20-8+,45-9?,46-42?,47-35?;. The zero-order valence-corrected chi connectivity index (χ0v) is 42.0. The molecule has 0 radical (unpaired) electrons. The molecule has 0 atom stereocenters. The van der Waals surface area contributed by atoms with Gasteiger partial charge in [-0.15, -0.1) is 0 Å². The van der Waals surface area contributed by atoms with Crippen LogP contribution < -0.4 is 15.9 Å². The van der Waals surface area contributed by atoms with E-state index in [0.29, 0.717) is 47.0 Å². The molecule has 1 saturated carbocycles. The van der Waals surface area contributed by atoms with Crippen molar-refractivity contribution in [3.63, 3.8) is 0 Å². The van der Waals surface area contributed by atoms with Crippen LogP contribution in [0.3, 0.4) is 0 Å². The second kappa shape index (κ2) is 20.5. The van der Waals surface area contributed by atoms with Crippen molar-refractivity contribution in [2.45, 2.75) is 60.8 Å². The second-order valence-electron chi connectivity index (χ2n) is 17.6. The van der Waals surface area contributed by atoms with Gasteiger partial charge < -0.3 is 4.90 Å². The fourth-order valence-electron chi connectivity index (χ4n) is 9.29. The van der Waals surface area contributed by atoms with Crippen LogP contribution in [0.4, 0.5) is 0 Å². The first-order valence-corrected chi connectivity index (χ1v) is 25.9. The summed E-state index contributed by atoms with van der Waals surface area (Å²) in [6.07, 6.45) is 15.2. The minimum absolute atomic E-state index is 0.138. The van der Waals surface area contributed by atoms with Gasteiger partial charge in [-0.3, -0.25) is 14.6 Å². The number of allylic oxidation sites excluding steroid dienone is 7. The van der Waals surface area contributed by atoms with Gasteiger partial charge in [-0.25, -0.2) is 0 Å². The number of fused-ring (bicyclic) bond motifs is 1. The van der Waals surface area contributed by atoms with Crippen LogP contribution in [0.1, 0.15) is 83.3 Å². The van der Waals surface area contributed by atoms with Crippen molar-refractivity contribution in [2.75, 3.05) is 13.1 Å². The van der Waals surface area contributed by atoms with Crippen LogP contribution in [0.25, 0.3) is 17.5 Å². The van der Waals surface area contributed by atoms with E-state index in [1.165, 1.54) is 27.1 Å². The molecule has 2 aromatic heterocycles. The third-order valence-corrected chi connectivity index (χ3v) is 17.5. The van der Waals surface area contributed by atoms with E-state index in [-0.39, 0.29) is 23.7 Å². The molecule has 2 aliphatic heterocycles. The molecule has 331 valence electrons. The average molecular weight is 1060 g/mol.